The Labute approximate surface area is 150 Å². The zero-order chi connectivity index (χ0) is 16.9. The molecule has 0 saturated carbocycles. The van der Waals surface area contributed by atoms with Crippen LogP contribution in [-0.4, -0.2) is 30.1 Å². The number of halogens is 2. The molecule has 1 unspecified atom stereocenters. The van der Waals surface area contributed by atoms with E-state index in [1.165, 1.54) is 0 Å². The molecule has 126 valence electrons. The van der Waals surface area contributed by atoms with E-state index in [2.05, 4.69) is 15.6 Å². The number of carbonyl (C=O) groups excluding carboxylic acids is 1. The van der Waals surface area contributed by atoms with Gasteiger partial charge in [0.2, 0.25) is 0 Å². The van der Waals surface area contributed by atoms with Crippen molar-refractivity contribution in [3.8, 4) is 0 Å². The van der Waals surface area contributed by atoms with Gasteiger partial charge in [-0.15, -0.1) is 0 Å². The Balaban J connectivity index is 1.65. The summed E-state index contributed by atoms with van der Waals surface area (Å²) in [6.45, 7) is 1.49. The highest BCUT2D eigenvalue weighted by molar-refractivity contribution is 6.36. The molecule has 2 N–H and O–H groups in total. The smallest absolute Gasteiger partial charge is 0.255 e. The first-order chi connectivity index (χ1) is 11.6. The number of hydrogen-bond donors (Lipinski definition) is 2. The van der Waals surface area contributed by atoms with Crippen molar-refractivity contribution in [2.45, 2.75) is 18.9 Å². The van der Waals surface area contributed by atoms with Gasteiger partial charge in [-0.05, 0) is 43.2 Å². The monoisotopic (exact) mass is 365 g/mol. The molecule has 0 aliphatic carbocycles. The van der Waals surface area contributed by atoms with E-state index >= 15 is 0 Å². The first-order valence-electron chi connectivity index (χ1n) is 7.70. The summed E-state index contributed by atoms with van der Waals surface area (Å²) in [6, 6.07) is 8.27. The number of pyridine rings is 1. The van der Waals surface area contributed by atoms with Gasteiger partial charge in [0, 0.05) is 29.9 Å². The van der Waals surface area contributed by atoms with Crippen molar-refractivity contribution in [1.29, 1.82) is 0 Å². The van der Waals surface area contributed by atoms with Crippen LogP contribution in [0.2, 0.25) is 10.0 Å². The van der Waals surface area contributed by atoms with Crippen LogP contribution in [0.3, 0.4) is 0 Å². The zero-order valence-corrected chi connectivity index (χ0v) is 14.4. The predicted molar refractivity (Wildman–Crippen MR) is 96.1 cm³/mol. The van der Waals surface area contributed by atoms with Crippen molar-refractivity contribution in [2.75, 3.05) is 23.8 Å². The van der Waals surface area contributed by atoms with Gasteiger partial charge in [-0.1, -0.05) is 23.2 Å². The maximum absolute atomic E-state index is 12.4. The summed E-state index contributed by atoms with van der Waals surface area (Å²) in [7, 11) is 0. The lowest BCUT2D eigenvalue weighted by Gasteiger charge is -2.12. The standard InChI is InChI=1S/C17H17Cl2N3O2/c18-12-3-4-15(14(19)9-12)22-17(23)11-5-6-20-16(8-11)21-10-13-2-1-7-24-13/h3-6,8-9,13H,1-2,7,10H2,(H,20,21)(H,22,23). The number of hydrogen-bond acceptors (Lipinski definition) is 4. The van der Waals surface area contributed by atoms with Gasteiger partial charge in [-0.25, -0.2) is 4.98 Å². The second kappa shape index (κ2) is 7.83. The van der Waals surface area contributed by atoms with Crippen molar-refractivity contribution in [3.63, 3.8) is 0 Å². The lowest BCUT2D eigenvalue weighted by atomic mass is 10.2. The van der Waals surface area contributed by atoms with E-state index < -0.39 is 0 Å². The van der Waals surface area contributed by atoms with E-state index in [0.717, 1.165) is 19.4 Å². The minimum Gasteiger partial charge on any atom is -0.376 e. The van der Waals surface area contributed by atoms with Gasteiger partial charge in [0.05, 0.1) is 16.8 Å². The highest BCUT2D eigenvalue weighted by Crippen LogP contribution is 2.26. The lowest BCUT2D eigenvalue weighted by Crippen LogP contribution is -2.19. The molecule has 0 radical (unpaired) electrons. The van der Waals surface area contributed by atoms with Crippen LogP contribution in [0, 0.1) is 0 Å². The molecule has 1 aromatic carbocycles. The molecule has 2 aromatic rings. The summed E-state index contributed by atoms with van der Waals surface area (Å²) in [5.41, 5.74) is 1.00. The van der Waals surface area contributed by atoms with Crippen molar-refractivity contribution in [1.82, 2.24) is 4.98 Å². The molecular weight excluding hydrogens is 349 g/mol. The Morgan fingerprint density at radius 2 is 2.17 bits per heavy atom. The largest absolute Gasteiger partial charge is 0.376 e. The lowest BCUT2D eigenvalue weighted by molar-refractivity contribution is 0.102. The second-order valence-electron chi connectivity index (χ2n) is 5.52. The topological polar surface area (TPSA) is 63.2 Å². The van der Waals surface area contributed by atoms with Crippen LogP contribution in [0.1, 0.15) is 23.2 Å². The Hall–Kier alpha value is -1.82. The van der Waals surface area contributed by atoms with Crippen LogP contribution in [0.25, 0.3) is 0 Å². The summed E-state index contributed by atoms with van der Waals surface area (Å²) >= 11 is 11.9. The first kappa shape index (κ1) is 17.0. The van der Waals surface area contributed by atoms with Crippen LogP contribution in [0.4, 0.5) is 11.5 Å². The molecule has 3 rings (SSSR count). The summed E-state index contributed by atoms with van der Waals surface area (Å²) in [5, 5.41) is 6.88. The van der Waals surface area contributed by atoms with Crippen LogP contribution in [0.5, 0.6) is 0 Å². The number of benzene rings is 1. The average molecular weight is 366 g/mol. The molecule has 5 nitrogen and oxygen atoms in total. The third kappa shape index (κ3) is 4.38. The van der Waals surface area contributed by atoms with E-state index in [9.17, 15) is 4.79 Å². The number of nitrogens with zero attached hydrogens (tertiary/aromatic N) is 1. The molecular formula is C17H17Cl2N3O2. The number of aromatic nitrogens is 1. The zero-order valence-electron chi connectivity index (χ0n) is 12.9. The summed E-state index contributed by atoms with van der Waals surface area (Å²) in [4.78, 5) is 16.6. The van der Waals surface area contributed by atoms with Crippen molar-refractivity contribution in [2.24, 2.45) is 0 Å². The fourth-order valence-electron chi connectivity index (χ4n) is 2.48. The SMILES string of the molecule is O=C(Nc1ccc(Cl)cc1Cl)c1ccnc(NCC2CCCO2)c1. The second-order valence-corrected chi connectivity index (χ2v) is 6.37. The van der Waals surface area contributed by atoms with Crippen LogP contribution in [0.15, 0.2) is 36.5 Å². The molecule has 0 bridgehead atoms. The third-order valence-corrected chi connectivity index (χ3v) is 4.28. The molecule has 1 atom stereocenters. The minimum absolute atomic E-state index is 0.206. The van der Waals surface area contributed by atoms with Gasteiger partial charge in [0.15, 0.2) is 0 Å². The Morgan fingerprint density at radius 1 is 1.29 bits per heavy atom. The number of nitrogens with one attached hydrogen (secondary N) is 2. The van der Waals surface area contributed by atoms with Crippen molar-refractivity contribution in [3.05, 3.63) is 52.1 Å². The average Bonchev–Trinajstić information content (AvgIpc) is 3.09. The van der Waals surface area contributed by atoms with Crippen molar-refractivity contribution < 1.29 is 9.53 Å². The van der Waals surface area contributed by atoms with Gasteiger partial charge in [-0.2, -0.15) is 0 Å². The van der Waals surface area contributed by atoms with Crippen LogP contribution in [-0.2, 0) is 4.74 Å². The van der Waals surface area contributed by atoms with Crippen molar-refractivity contribution >= 4 is 40.6 Å². The molecule has 1 aromatic heterocycles. The first-order valence-corrected chi connectivity index (χ1v) is 8.45. The summed E-state index contributed by atoms with van der Waals surface area (Å²) < 4.78 is 5.56. The van der Waals surface area contributed by atoms with Gasteiger partial charge in [-0.3, -0.25) is 4.79 Å². The molecule has 0 spiro atoms. The molecule has 1 amide bonds. The molecule has 1 aliphatic rings. The molecule has 1 aliphatic heterocycles. The number of amides is 1. The van der Waals surface area contributed by atoms with Gasteiger partial charge in [0.25, 0.3) is 5.91 Å². The fraction of sp³-hybridized carbons (Fsp3) is 0.294. The van der Waals surface area contributed by atoms with E-state index in [1.807, 2.05) is 0 Å². The quantitative estimate of drug-likeness (QED) is 0.831. The van der Waals surface area contributed by atoms with E-state index in [0.29, 0.717) is 33.7 Å². The van der Waals surface area contributed by atoms with Gasteiger partial charge >= 0.3 is 0 Å². The fourth-order valence-corrected chi connectivity index (χ4v) is 2.93. The normalized spacial score (nSPS) is 16.8. The number of ether oxygens (including phenoxy) is 1. The van der Waals surface area contributed by atoms with E-state index in [4.69, 9.17) is 27.9 Å². The number of carbonyl (C=O) groups is 1. The maximum atomic E-state index is 12.4. The third-order valence-electron chi connectivity index (χ3n) is 3.74. The van der Waals surface area contributed by atoms with Gasteiger partial charge < -0.3 is 15.4 Å². The van der Waals surface area contributed by atoms with Crippen LogP contribution < -0.4 is 10.6 Å². The molecule has 2 heterocycles. The Morgan fingerprint density at radius 3 is 2.92 bits per heavy atom. The molecule has 1 fully saturated rings. The van der Waals surface area contributed by atoms with Crippen LogP contribution >= 0.6 is 23.2 Å². The molecule has 7 heteroatoms. The highest BCUT2D eigenvalue weighted by Gasteiger charge is 2.15. The molecule has 24 heavy (non-hydrogen) atoms. The Bertz CT molecular complexity index is 734. The number of rotatable bonds is 5. The maximum Gasteiger partial charge on any atom is 0.255 e. The highest BCUT2D eigenvalue weighted by atomic mass is 35.5. The summed E-state index contributed by atoms with van der Waals surface area (Å²) in [6.07, 6.45) is 3.93. The number of anilines is 2. The van der Waals surface area contributed by atoms with E-state index in [-0.39, 0.29) is 12.0 Å². The van der Waals surface area contributed by atoms with E-state index in [1.54, 1.807) is 36.5 Å². The molecule has 1 saturated heterocycles. The predicted octanol–water partition coefficient (Wildman–Crippen LogP) is 4.23. The minimum atomic E-state index is -0.262. The van der Waals surface area contributed by atoms with Gasteiger partial charge in [0.1, 0.15) is 5.82 Å². The summed E-state index contributed by atoms with van der Waals surface area (Å²) in [5.74, 6) is 0.377. The Kier molecular flexibility index (Phi) is 5.56.